The first-order chi connectivity index (χ1) is 12.1. The lowest BCUT2D eigenvalue weighted by Crippen LogP contribution is -3.14. The Morgan fingerprint density at radius 1 is 1.36 bits per heavy atom. The van der Waals surface area contributed by atoms with Gasteiger partial charge in [0.2, 0.25) is 5.91 Å². The van der Waals surface area contributed by atoms with Gasteiger partial charge < -0.3 is 10.2 Å². The number of anilines is 1. The molecule has 2 heterocycles. The van der Waals surface area contributed by atoms with E-state index in [1.807, 2.05) is 30.3 Å². The molecule has 4 nitrogen and oxygen atoms in total. The fourth-order valence-electron chi connectivity index (χ4n) is 3.29. The van der Waals surface area contributed by atoms with Gasteiger partial charge in [-0.25, -0.2) is 0 Å². The van der Waals surface area contributed by atoms with Gasteiger partial charge in [-0.2, -0.15) is 5.26 Å². The molecule has 25 heavy (non-hydrogen) atoms. The van der Waals surface area contributed by atoms with Crippen LogP contribution in [0.5, 0.6) is 0 Å². The number of nitriles is 1. The average Bonchev–Trinajstić information content (AvgIpc) is 2.96. The number of hydrogen-bond donors (Lipinski definition) is 2. The lowest BCUT2D eigenvalue weighted by molar-refractivity contribution is -0.936. The predicted octanol–water partition coefficient (Wildman–Crippen LogP) is 2.54. The van der Waals surface area contributed by atoms with E-state index in [0.717, 1.165) is 35.6 Å². The summed E-state index contributed by atoms with van der Waals surface area (Å²) in [6.45, 7) is 6.46. The second-order valence-corrected chi connectivity index (χ2v) is 7.95. The Balaban J connectivity index is 1.68. The zero-order valence-corrected chi connectivity index (χ0v) is 15.6. The molecular formula is C20H24N3OS+. The van der Waals surface area contributed by atoms with Crippen molar-refractivity contribution in [2.45, 2.75) is 45.7 Å². The first kappa shape index (κ1) is 17.7. The topological polar surface area (TPSA) is 57.3 Å². The van der Waals surface area contributed by atoms with Gasteiger partial charge in [0.25, 0.3) is 0 Å². The van der Waals surface area contributed by atoms with E-state index in [1.54, 1.807) is 16.2 Å². The van der Waals surface area contributed by atoms with E-state index in [-0.39, 0.29) is 5.91 Å². The lowest BCUT2D eigenvalue weighted by Gasteiger charge is -2.27. The van der Waals surface area contributed by atoms with Crippen LogP contribution in [0, 0.1) is 11.3 Å². The molecule has 1 aliphatic heterocycles. The number of thiophene rings is 1. The van der Waals surface area contributed by atoms with Crippen LogP contribution in [0.25, 0.3) is 0 Å². The number of hydrogen-bond acceptors (Lipinski definition) is 3. The summed E-state index contributed by atoms with van der Waals surface area (Å²) in [6.07, 6.45) is 2.06. The van der Waals surface area contributed by atoms with E-state index >= 15 is 0 Å². The SMILES string of the molecule is CC(C)[NH+]1CCc2c(sc(NC(=O)CCc3ccccc3)c2C#N)C1. The molecule has 3 rings (SSSR count). The van der Waals surface area contributed by atoms with E-state index in [9.17, 15) is 10.1 Å². The van der Waals surface area contributed by atoms with Gasteiger partial charge in [-0.3, -0.25) is 4.79 Å². The molecule has 0 radical (unpaired) electrons. The molecule has 5 heteroatoms. The Kier molecular flexibility index (Phi) is 5.52. The summed E-state index contributed by atoms with van der Waals surface area (Å²) in [6, 6.07) is 12.9. The first-order valence-electron chi connectivity index (χ1n) is 8.81. The molecule has 1 aliphatic rings. The molecule has 0 saturated heterocycles. The van der Waals surface area contributed by atoms with E-state index in [2.05, 4.69) is 25.2 Å². The summed E-state index contributed by atoms with van der Waals surface area (Å²) in [5, 5.41) is 13.3. The number of carbonyl (C=O) groups excluding carboxylic acids is 1. The third kappa shape index (κ3) is 4.09. The molecule has 1 aromatic heterocycles. The molecule has 1 atom stereocenters. The molecule has 2 N–H and O–H groups in total. The van der Waals surface area contributed by atoms with Crippen molar-refractivity contribution in [3.63, 3.8) is 0 Å². The molecule has 0 fully saturated rings. The average molecular weight is 354 g/mol. The standard InChI is InChI=1S/C20H23N3OS/c1-14(2)23-11-10-16-17(12-21)20(25-18(16)13-23)22-19(24)9-8-15-6-4-3-5-7-15/h3-7,14H,8-11,13H2,1-2H3,(H,22,24)/p+1. The van der Waals surface area contributed by atoms with Crippen LogP contribution in [0.3, 0.4) is 0 Å². The molecule has 0 spiro atoms. The van der Waals surface area contributed by atoms with Gasteiger partial charge in [0.05, 0.1) is 23.0 Å². The van der Waals surface area contributed by atoms with Gasteiger partial charge in [-0.15, -0.1) is 11.3 Å². The molecule has 0 aliphatic carbocycles. The minimum atomic E-state index is -0.0213. The van der Waals surface area contributed by atoms with Gasteiger partial charge in [0.15, 0.2) is 0 Å². The van der Waals surface area contributed by atoms with Gasteiger partial charge in [0.1, 0.15) is 17.6 Å². The van der Waals surface area contributed by atoms with Gasteiger partial charge >= 0.3 is 0 Å². The zero-order valence-electron chi connectivity index (χ0n) is 14.8. The minimum absolute atomic E-state index is 0.0213. The fourth-order valence-corrected chi connectivity index (χ4v) is 4.56. The Bertz CT molecular complexity index is 789. The molecule has 0 bridgehead atoms. The Labute approximate surface area is 153 Å². The van der Waals surface area contributed by atoms with Crippen LogP contribution >= 0.6 is 11.3 Å². The van der Waals surface area contributed by atoms with Crippen molar-refractivity contribution in [1.82, 2.24) is 0 Å². The molecule has 130 valence electrons. The number of aryl methyl sites for hydroxylation is 1. The van der Waals surface area contributed by atoms with Crippen LogP contribution in [0.4, 0.5) is 5.00 Å². The van der Waals surface area contributed by atoms with Crippen molar-refractivity contribution >= 4 is 22.2 Å². The third-order valence-corrected chi connectivity index (χ3v) is 5.99. The molecular weight excluding hydrogens is 330 g/mol. The smallest absolute Gasteiger partial charge is 0.225 e. The molecule has 0 saturated carbocycles. The third-order valence-electron chi connectivity index (χ3n) is 4.84. The number of quaternary nitrogens is 1. The van der Waals surface area contributed by atoms with Crippen molar-refractivity contribution < 1.29 is 9.69 Å². The fraction of sp³-hybridized carbons (Fsp3) is 0.400. The number of carbonyl (C=O) groups is 1. The summed E-state index contributed by atoms with van der Waals surface area (Å²) in [7, 11) is 0. The summed E-state index contributed by atoms with van der Waals surface area (Å²) in [5.74, 6) is -0.0213. The lowest BCUT2D eigenvalue weighted by atomic mass is 10.0. The Morgan fingerprint density at radius 2 is 2.12 bits per heavy atom. The van der Waals surface area contributed by atoms with Crippen LogP contribution in [0.2, 0.25) is 0 Å². The highest BCUT2D eigenvalue weighted by Crippen LogP contribution is 2.34. The second kappa shape index (κ2) is 7.81. The van der Waals surface area contributed by atoms with E-state index in [4.69, 9.17) is 0 Å². The highest BCUT2D eigenvalue weighted by atomic mass is 32.1. The molecule has 1 unspecified atom stereocenters. The maximum Gasteiger partial charge on any atom is 0.225 e. The highest BCUT2D eigenvalue weighted by molar-refractivity contribution is 7.16. The molecule has 2 aromatic rings. The zero-order chi connectivity index (χ0) is 17.8. The van der Waals surface area contributed by atoms with Gasteiger partial charge in [-0.1, -0.05) is 30.3 Å². The number of nitrogens with one attached hydrogen (secondary N) is 2. The molecule has 1 aromatic carbocycles. The summed E-state index contributed by atoms with van der Waals surface area (Å²) in [5.41, 5.74) is 2.98. The highest BCUT2D eigenvalue weighted by Gasteiger charge is 2.28. The number of amides is 1. The van der Waals surface area contributed by atoms with Crippen molar-refractivity contribution in [2.75, 3.05) is 11.9 Å². The Hall–Kier alpha value is -2.16. The monoisotopic (exact) mass is 354 g/mol. The summed E-state index contributed by atoms with van der Waals surface area (Å²) < 4.78 is 0. The van der Waals surface area contributed by atoms with E-state index in [1.165, 1.54) is 4.88 Å². The van der Waals surface area contributed by atoms with Gasteiger partial charge in [0, 0.05) is 12.8 Å². The van der Waals surface area contributed by atoms with Crippen LogP contribution < -0.4 is 10.2 Å². The van der Waals surface area contributed by atoms with Crippen molar-refractivity contribution in [2.24, 2.45) is 0 Å². The minimum Gasteiger partial charge on any atom is -0.328 e. The van der Waals surface area contributed by atoms with Crippen LogP contribution in [0.1, 0.15) is 41.8 Å². The Morgan fingerprint density at radius 3 is 2.80 bits per heavy atom. The number of rotatable bonds is 5. The van der Waals surface area contributed by atoms with E-state index in [0.29, 0.717) is 24.4 Å². The maximum atomic E-state index is 12.3. The van der Waals surface area contributed by atoms with Crippen LogP contribution in [-0.4, -0.2) is 18.5 Å². The predicted molar refractivity (Wildman–Crippen MR) is 101 cm³/mol. The van der Waals surface area contributed by atoms with Crippen molar-refractivity contribution in [3.05, 3.63) is 51.9 Å². The van der Waals surface area contributed by atoms with E-state index < -0.39 is 0 Å². The summed E-state index contributed by atoms with van der Waals surface area (Å²) in [4.78, 5) is 15.1. The first-order valence-corrected chi connectivity index (χ1v) is 9.63. The normalized spacial score (nSPS) is 16.3. The second-order valence-electron chi connectivity index (χ2n) is 6.84. The van der Waals surface area contributed by atoms with Crippen molar-refractivity contribution in [3.8, 4) is 6.07 Å². The molecule has 1 amide bonds. The van der Waals surface area contributed by atoms with Crippen LogP contribution in [-0.2, 0) is 24.2 Å². The quantitative estimate of drug-likeness (QED) is 0.867. The number of nitrogens with zero attached hydrogens (tertiary/aromatic N) is 1. The summed E-state index contributed by atoms with van der Waals surface area (Å²) >= 11 is 1.58. The maximum absolute atomic E-state index is 12.3. The largest absolute Gasteiger partial charge is 0.328 e. The van der Waals surface area contributed by atoms with Crippen molar-refractivity contribution in [1.29, 1.82) is 5.26 Å². The van der Waals surface area contributed by atoms with Gasteiger partial charge in [-0.05, 0) is 31.4 Å². The van der Waals surface area contributed by atoms with Crippen LogP contribution in [0.15, 0.2) is 30.3 Å². The number of fused-ring (bicyclic) bond motifs is 1. The number of benzene rings is 1.